The molecular formula is C14H23NO5. The lowest BCUT2D eigenvalue weighted by molar-refractivity contribution is -0.296. The van der Waals surface area contributed by atoms with E-state index >= 15 is 0 Å². The molecular weight excluding hydrogens is 262 g/mol. The number of rotatable bonds is 0. The van der Waals surface area contributed by atoms with E-state index in [-0.39, 0.29) is 30.4 Å². The lowest BCUT2D eigenvalue weighted by Crippen LogP contribution is -2.63. The van der Waals surface area contributed by atoms with Crippen LogP contribution in [0.1, 0.15) is 34.6 Å². The standard InChI is InChI=1S/C14H23NO5/c1-13(2,3)20-12(16)15-6-9-11(18-9)10-8(15)7-17-14(4,5)19-10/h8-11H,6-7H2,1-5H3/t8-,9-,10-,11-/m0/s1. The molecule has 0 aromatic carbocycles. The number of piperidine rings is 1. The van der Waals surface area contributed by atoms with Crippen LogP contribution in [0.5, 0.6) is 0 Å². The van der Waals surface area contributed by atoms with E-state index in [1.165, 1.54) is 0 Å². The molecule has 3 heterocycles. The fraction of sp³-hybridized carbons (Fsp3) is 0.929. The van der Waals surface area contributed by atoms with E-state index in [1.807, 2.05) is 34.6 Å². The molecule has 0 radical (unpaired) electrons. The molecule has 3 fully saturated rings. The molecule has 0 spiro atoms. The van der Waals surface area contributed by atoms with E-state index in [9.17, 15) is 4.79 Å². The number of likely N-dealkylation sites (tertiary alicyclic amines) is 1. The van der Waals surface area contributed by atoms with E-state index in [4.69, 9.17) is 18.9 Å². The van der Waals surface area contributed by atoms with Crippen molar-refractivity contribution in [2.45, 2.75) is 70.4 Å². The maximum atomic E-state index is 12.3. The first-order valence-electron chi connectivity index (χ1n) is 7.13. The second kappa shape index (κ2) is 4.32. The third-order valence-electron chi connectivity index (χ3n) is 3.75. The Kier molecular flexibility index (Phi) is 3.05. The van der Waals surface area contributed by atoms with Crippen LogP contribution in [0.4, 0.5) is 4.79 Å². The minimum atomic E-state index is -0.630. The maximum absolute atomic E-state index is 12.3. The van der Waals surface area contributed by atoms with Crippen LogP contribution in [-0.2, 0) is 18.9 Å². The molecule has 1 amide bonds. The largest absolute Gasteiger partial charge is 0.444 e. The van der Waals surface area contributed by atoms with Gasteiger partial charge in [0.1, 0.15) is 23.9 Å². The average molecular weight is 285 g/mol. The van der Waals surface area contributed by atoms with Crippen molar-refractivity contribution in [1.29, 1.82) is 0 Å². The molecule has 0 aromatic rings. The number of ether oxygens (including phenoxy) is 4. The lowest BCUT2D eigenvalue weighted by Gasteiger charge is -2.46. The number of fused-ring (bicyclic) bond motifs is 3. The van der Waals surface area contributed by atoms with Crippen LogP contribution in [0.2, 0.25) is 0 Å². The summed E-state index contributed by atoms with van der Waals surface area (Å²) < 4.78 is 22.7. The molecule has 0 aromatic heterocycles. The molecule has 0 bridgehead atoms. The molecule has 3 saturated heterocycles. The van der Waals surface area contributed by atoms with E-state index in [2.05, 4.69) is 0 Å². The van der Waals surface area contributed by atoms with Crippen molar-refractivity contribution in [2.75, 3.05) is 13.2 Å². The Labute approximate surface area is 119 Å². The summed E-state index contributed by atoms with van der Waals surface area (Å²) in [5.74, 6) is -0.630. The Bertz CT molecular complexity index is 416. The van der Waals surface area contributed by atoms with E-state index in [0.29, 0.717) is 13.2 Å². The fourth-order valence-corrected chi connectivity index (χ4v) is 2.83. The van der Waals surface area contributed by atoms with Crippen LogP contribution >= 0.6 is 0 Å². The molecule has 4 atom stereocenters. The van der Waals surface area contributed by atoms with Crippen LogP contribution in [0.25, 0.3) is 0 Å². The highest BCUT2D eigenvalue weighted by molar-refractivity contribution is 5.69. The van der Waals surface area contributed by atoms with Crippen molar-refractivity contribution in [1.82, 2.24) is 4.90 Å². The summed E-state index contributed by atoms with van der Waals surface area (Å²) in [6.07, 6.45) is -0.307. The predicted molar refractivity (Wildman–Crippen MR) is 70.3 cm³/mol. The number of epoxide rings is 1. The summed E-state index contributed by atoms with van der Waals surface area (Å²) >= 11 is 0. The van der Waals surface area contributed by atoms with E-state index < -0.39 is 11.4 Å². The smallest absolute Gasteiger partial charge is 0.410 e. The summed E-state index contributed by atoms with van der Waals surface area (Å²) in [5, 5.41) is 0. The molecule has 6 heteroatoms. The second-order valence-corrected chi connectivity index (χ2v) is 7.13. The van der Waals surface area contributed by atoms with Crippen molar-refractivity contribution in [3.05, 3.63) is 0 Å². The number of carbonyl (C=O) groups excluding carboxylic acids is 1. The van der Waals surface area contributed by atoms with Gasteiger partial charge in [-0.05, 0) is 34.6 Å². The van der Waals surface area contributed by atoms with Gasteiger partial charge in [0.15, 0.2) is 5.79 Å². The highest BCUT2D eigenvalue weighted by Gasteiger charge is 2.60. The number of amides is 1. The van der Waals surface area contributed by atoms with Crippen molar-refractivity contribution >= 4 is 6.09 Å². The Balaban J connectivity index is 1.74. The third-order valence-corrected chi connectivity index (χ3v) is 3.75. The number of nitrogens with zero attached hydrogens (tertiary/aromatic N) is 1. The zero-order valence-electron chi connectivity index (χ0n) is 12.7. The van der Waals surface area contributed by atoms with Gasteiger partial charge in [-0.25, -0.2) is 4.79 Å². The summed E-state index contributed by atoms with van der Waals surface area (Å²) in [5.41, 5.74) is -0.510. The van der Waals surface area contributed by atoms with Gasteiger partial charge in [-0.3, -0.25) is 4.90 Å². The summed E-state index contributed by atoms with van der Waals surface area (Å²) in [6, 6.07) is -0.137. The van der Waals surface area contributed by atoms with Gasteiger partial charge in [-0.1, -0.05) is 0 Å². The predicted octanol–water partition coefficient (Wildman–Crippen LogP) is 1.52. The minimum absolute atomic E-state index is 0.0673. The summed E-state index contributed by atoms with van der Waals surface area (Å²) in [6.45, 7) is 10.3. The van der Waals surface area contributed by atoms with Gasteiger partial charge in [0.2, 0.25) is 0 Å². The van der Waals surface area contributed by atoms with Crippen LogP contribution in [-0.4, -0.2) is 59.9 Å². The van der Waals surface area contributed by atoms with Crippen molar-refractivity contribution < 1.29 is 23.7 Å². The SMILES string of the molecule is CC(C)(C)OC(=O)N1C[C@@H]2O[C@@H]2[C@H]2OC(C)(C)OC[C@@H]21. The van der Waals surface area contributed by atoms with E-state index in [1.54, 1.807) is 4.90 Å². The second-order valence-electron chi connectivity index (χ2n) is 7.13. The van der Waals surface area contributed by atoms with Gasteiger partial charge in [0.25, 0.3) is 0 Å². The molecule has 20 heavy (non-hydrogen) atoms. The molecule has 3 rings (SSSR count). The van der Waals surface area contributed by atoms with Crippen LogP contribution in [0, 0.1) is 0 Å². The summed E-state index contributed by atoms with van der Waals surface area (Å²) in [4.78, 5) is 14.0. The Hall–Kier alpha value is -0.850. The molecule has 0 unspecified atom stereocenters. The minimum Gasteiger partial charge on any atom is -0.444 e. The zero-order chi connectivity index (χ0) is 14.7. The number of hydrogen-bond acceptors (Lipinski definition) is 5. The number of carbonyl (C=O) groups is 1. The average Bonchev–Trinajstić information content (AvgIpc) is 3.03. The first kappa shape index (κ1) is 14.1. The van der Waals surface area contributed by atoms with Gasteiger partial charge in [0, 0.05) is 0 Å². The highest BCUT2D eigenvalue weighted by Crippen LogP contribution is 2.41. The normalized spacial score (nSPS) is 38.8. The topological polar surface area (TPSA) is 60.5 Å². The Morgan fingerprint density at radius 3 is 2.65 bits per heavy atom. The van der Waals surface area contributed by atoms with Gasteiger partial charge < -0.3 is 18.9 Å². The molecule has 0 N–H and O–H groups in total. The zero-order valence-corrected chi connectivity index (χ0v) is 12.7. The van der Waals surface area contributed by atoms with Crippen molar-refractivity contribution in [3.8, 4) is 0 Å². The van der Waals surface area contributed by atoms with Gasteiger partial charge in [-0.15, -0.1) is 0 Å². The molecule has 0 saturated carbocycles. The third kappa shape index (κ3) is 2.64. The van der Waals surface area contributed by atoms with Gasteiger partial charge >= 0.3 is 6.09 Å². The first-order chi connectivity index (χ1) is 9.16. The van der Waals surface area contributed by atoms with Gasteiger partial charge in [-0.2, -0.15) is 0 Å². The Morgan fingerprint density at radius 2 is 2.00 bits per heavy atom. The van der Waals surface area contributed by atoms with Crippen LogP contribution < -0.4 is 0 Å². The molecule has 114 valence electrons. The van der Waals surface area contributed by atoms with Crippen molar-refractivity contribution in [3.63, 3.8) is 0 Å². The molecule has 3 aliphatic heterocycles. The summed E-state index contributed by atoms with van der Waals surface area (Å²) in [7, 11) is 0. The fourth-order valence-electron chi connectivity index (χ4n) is 2.83. The first-order valence-corrected chi connectivity index (χ1v) is 7.13. The monoisotopic (exact) mass is 285 g/mol. The van der Waals surface area contributed by atoms with Crippen LogP contribution in [0.15, 0.2) is 0 Å². The Morgan fingerprint density at radius 1 is 1.30 bits per heavy atom. The van der Waals surface area contributed by atoms with Gasteiger partial charge in [0.05, 0.1) is 19.2 Å². The lowest BCUT2D eigenvalue weighted by atomic mass is 9.98. The molecule has 0 aliphatic carbocycles. The highest BCUT2D eigenvalue weighted by atomic mass is 16.7. The quantitative estimate of drug-likeness (QED) is 0.632. The molecule has 3 aliphatic rings. The molecule has 6 nitrogen and oxygen atoms in total. The van der Waals surface area contributed by atoms with Crippen LogP contribution in [0.3, 0.4) is 0 Å². The van der Waals surface area contributed by atoms with Crippen molar-refractivity contribution in [2.24, 2.45) is 0 Å². The maximum Gasteiger partial charge on any atom is 0.410 e. The van der Waals surface area contributed by atoms with E-state index in [0.717, 1.165) is 0 Å². The number of hydrogen-bond donors (Lipinski definition) is 0.